The number of rotatable bonds is 3. The number of primary amides is 1. The Bertz CT molecular complexity index is 768. The zero-order valence-electron chi connectivity index (χ0n) is 10.7. The minimum absolute atomic E-state index is 0.286. The van der Waals surface area contributed by atoms with Gasteiger partial charge in [-0.1, -0.05) is 30.8 Å². The van der Waals surface area contributed by atoms with Gasteiger partial charge < -0.3 is 10.2 Å². The molecule has 20 heavy (non-hydrogen) atoms. The van der Waals surface area contributed by atoms with E-state index in [2.05, 4.69) is 11.6 Å². The van der Waals surface area contributed by atoms with Crippen LogP contribution in [-0.4, -0.2) is 10.9 Å². The van der Waals surface area contributed by atoms with Crippen LogP contribution < -0.4 is 5.73 Å². The lowest BCUT2D eigenvalue weighted by Gasteiger charge is -2.02. The highest BCUT2D eigenvalue weighted by atomic mass is 16.3. The Morgan fingerprint density at radius 3 is 2.45 bits per heavy atom. The number of benzene rings is 2. The molecule has 0 unspecified atom stereocenters. The monoisotopic (exact) mass is 264 g/mol. The zero-order valence-corrected chi connectivity index (χ0v) is 10.7. The summed E-state index contributed by atoms with van der Waals surface area (Å²) >= 11 is 0. The summed E-state index contributed by atoms with van der Waals surface area (Å²) in [5.41, 5.74) is 8.57. The summed E-state index contributed by atoms with van der Waals surface area (Å²) in [6.07, 6.45) is 0. The molecule has 3 rings (SSSR count). The average molecular weight is 264 g/mol. The van der Waals surface area contributed by atoms with E-state index in [1.165, 1.54) is 0 Å². The number of oxazole rings is 1. The van der Waals surface area contributed by atoms with Crippen molar-refractivity contribution in [3.63, 3.8) is 0 Å². The van der Waals surface area contributed by atoms with Crippen LogP contribution in [0.2, 0.25) is 0 Å². The number of fused-ring (bicyclic) bond motifs is 1. The molecule has 2 N–H and O–H groups in total. The number of carbonyl (C=O) groups excluding carboxylic acids is 1. The van der Waals surface area contributed by atoms with E-state index in [4.69, 9.17) is 10.2 Å². The van der Waals surface area contributed by atoms with Gasteiger partial charge in [-0.2, -0.15) is 0 Å². The largest absolute Gasteiger partial charge is 0.436 e. The van der Waals surface area contributed by atoms with Crippen LogP contribution in [0.15, 0.2) is 59.5 Å². The first-order valence-corrected chi connectivity index (χ1v) is 6.10. The molecule has 98 valence electrons. The summed E-state index contributed by atoms with van der Waals surface area (Å²) in [7, 11) is 0. The summed E-state index contributed by atoms with van der Waals surface area (Å²) in [4.78, 5) is 15.5. The van der Waals surface area contributed by atoms with E-state index in [0.29, 0.717) is 11.5 Å². The van der Waals surface area contributed by atoms with Gasteiger partial charge in [-0.05, 0) is 29.8 Å². The predicted molar refractivity (Wildman–Crippen MR) is 77.7 cm³/mol. The maximum atomic E-state index is 11.1. The van der Waals surface area contributed by atoms with Gasteiger partial charge in [-0.15, -0.1) is 0 Å². The van der Waals surface area contributed by atoms with E-state index in [9.17, 15) is 4.79 Å². The highest BCUT2D eigenvalue weighted by molar-refractivity contribution is 6.17. The van der Waals surface area contributed by atoms with Crippen LogP contribution in [-0.2, 0) is 4.79 Å². The molecule has 1 amide bonds. The van der Waals surface area contributed by atoms with Crippen LogP contribution in [0, 0.1) is 0 Å². The number of nitrogens with zero attached hydrogens (tertiary/aromatic N) is 1. The van der Waals surface area contributed by atoms with Crippen molar-refractivity contribution in [3.05, 3.63) is 60.7 Å². The van der Waals surface area contributed by atoms with Crippen molar-refractivity contribution >= 4 is 22.6 Å². The van der Waals surface area contributed by atoms with Crippen molar-refractivity contribution in [2.45, 2.75) is 0 Å². The molecular formula is C16H12N2O2. The number of aromatic nitrogens is 1. The molecule has 3 aromatic rings. The number of hydrogen-bond acceptors (Lipinski definition) is 3. The van der Waals surface area contributed by atoms with Crippen molar-refractivity contribution in [2.75, 3.05) is 0 Å². The molecule has 2 aromatic carbocycles. The summed E-state index contributed by atoms with van der Waals surface area (Å²) in [5, 5.41) is 0. The Kier molecular flexibility index (Phi) is 2.84. The van der Waals surface area contributed by atoms with Gasteiger partial charge in [0.2, 0.25) is 11.8 Å². The summed E-state index contributed by atoms with van der Waals surface area (Å²) in [6.45, 7) is 3.65. The molecule has 0 spiro atoms. The first-order valence-electron chi connectivity index (χ1n) is 6.10. The van der Waals surface area contributed by atoms with Gasteiger partial charge >= 0.3 is 0 Å². The third kappa shape index (κ3) is 2.07. The normalized spacial score (nSPS) is 10.6. The SMILES string of the molecule is C=C(C(N)=O)c1ccc(-c2nc3ccccc3o2)cc1. The molecule has 4 heteroatoms. The van der Waals surface area contributed by atoms with E-state index in [-0.39, 0.29) is 5.57 Å². The number of amides is 1. The van der Waals surface area contributed by atoms with Crippen LogP contribution in [0.4, 0.5) is 0 Å². The first kappa shape index (κ1) is 12.2. The first-order chi connectivity index (χ1) is 9.65. The summed E-state index contributed by atoms with van der Waals surface area (Å²) in [6, 6.07) is 14.8. The molecule has 0 saturated heterocycles. The fourth-order valence-corrected chi connectivity index (χ4v) is 1.95. The second-order valence-corrected chi connectivity index (χ2v) is 4.41. The minimum Gasteiger partial charge on any atom is -0.436 e. The molecule has 0 radical (unpaired) electrons. The van der Waals surface area contributed by atoms with Crippen molar-refractivity contribution in [1.82, 2.24) is 4.98 Å². The van der Waals surface area contributed by atoms with E-state index >= 15 is 0 Å². The van der Waals surface area contributed by atoms with Gasteiger partial charge in [0, 0.05) is 11.1 Å². The van der Waals surface area contributed by atoms with Crippen molar-refractivity contribution in [3.8, 4) is 11.5 Å². The molecule has 1 aromatic heterocycles. The number of nitrogens with two attached hydrogens (primary N) is 1. The van der Waals surface area contributed by atoms with Gasteiger partial charge in [0.25, 0.3) is 0 Å². The summed E-state index contributed by atoms with van der Waals surface area (Å²) < 4.78 is 5.68. The standard InChI is InChI=1S/C16H12N2O2/c1-10(15(17)19)11-6-8-12(9-7-11)16-18-13-4-2-3-5-14(13)20-16/h2-9H,1H2,(H2,17,19). The zero-order chi connectivity index (χ0) is 14.1. The molecule has 0 bridgehead atoms. The number of hydrogen-bond donors (Lipinski definition) is 1. The van der Waals surface area contributed by atoms with Gasteiger partial charge in [0.15, 0.2) is 5.58 Å². The van der Waals surface area contributed by atoms with Crippen LogP contribution in [0.25, 0.3) is 28.1 Å². The fraction of sp³-hybridized carbons (Fsp3) is 0. The minimum atomic E-state index is -0.528. The van der Waals surface area contributed by atoms with Gasteiger partial charge in [0.05, 0.1) is 0 Å². The highest BCUT2D eigenvalue weighted by Gasteiger charge is 2.09. The van der Waals surface area contributed by atoms with E-state index < -0.39 is 5.91 Å². The van der Waals surface area contributed by atoms with Crippen LogP contribution >= 0.6 is 0 Å². The van der Waals surface area contributed by atoms with E-state index in [0.717, 1.165) is 16.7 Å². The third-order valence-electron chi connectivity index (χ3n) is 3.07. The number of para-hydroxylation sites is 2. The molecule has 0 aliphatic carbocycles. The topological polar surface area (TPSA) is 69.1 Å². The Morgan fingerprint density at radius 1 is 1.10 bits per heavy atom. The predicted octanol–water partition coefficient (Wildman–Crippen LogP) is 2.99. The number of carbonyl (C=O) groups is 1. The average Bonchev–Trinajstić information content (AvgIpc) is 2.90. The van der Waals surface area contributed by atoms with Crippen LogP contribution in [0.1, 0.15) is 5.56 Å². The lowest BCUT2D eigenvalue weighted by Crippen LogP contribution is -2.11. The lowest BCUT2D eigenvalue weighted by atomic mass is 10.1. The van der Waals surface area contributed by atoms with Crippen molar-refractivity contribution in [1.29, 1.82) is 0 Å². The Labute approximate surface area is 115 Å². The Balaban J connectivity index is 1.98. The van der Waals surface area contributed by atoms with Gasteiger partial charge in [-0.3, -0.25) is 4.79 Å². The smallest absolute Gasteiger partial charge is 0.248 e. The molecule has 4 nitrogen and oxygen atoms in total. The fourth-order valence-electron chi connectivity index (χ4n) is 1.95. The summed E-state index contributed by atoms with van der Waals surface area (Å²) in [5.74, 6) is 0.0158. The third-order valence-corrected chi connectivity index (χ3v) is 3.07. The van der Waals surface area contributed by atoms with Gasteiger partial charge in [0.1, 0.15) is 5.52 Å². The molecule has 1 heterocycles. The maximum Gasteiger partial charge on any atom is 0.248 e. The molecular weight excluding hydrogens is 252 g/mol. The molecule has 0 fully saturated rings. The lowest BCUT2D eigenvalue weighted by molar-refractivity contribution is -0.112. The molecule has 0 aliphatic heterocycles. The Morgan fingerprint density at radius 2 is 1.80 bits per heavy atom. The van der Waals surface area contributed by atoms with Gasteiger partial charge in [-0.25, -0.2) is 4.98 Å². The second kappa shape index (κ2) is 4.66. The van der Waals surface area contributed by atoms with Crippen molar-refractivity contribution in [2.24, 2.45) is 5.73 Å². The molecule has 0 atom stereocenters. The quantitative estimate of drug-likeness (QED) is 0.739. The van der Waals surface area contributed by atoms with E-state index in [1.807, 2.05) is 36.4 Å². The Hall–Kier alpha value is -2.88. The second-order valence-electron chi connectivity index (χ2n) is 4.41. The van der Waals surface area contributed by atoms with Crippen molar-refractivity contribution < 1.29 is 9.21 Å². The van der Waals surface area contributed by atoms with Crippen LogP contribution in [0.3, 0.4) is 0 Å². The van der Waals surface area contributed by atoms with Crippen LogP contribution in [0.5, 0.6) is 0 Å². The van der Waals surface area contributed by atoms with E-state index in [1.54, 1.807) is 12.1 Å². The maximum absolute atomic E-state index is 11.1. The molecule has 0 saturated carbocycles. The highest BCUT2D eigenvalue weighted by Crippen LogP contribution is 2.25. The molecule has 0 aliphatic rings.